The van der Waals surface area contributed by atoms with E-state index in [1.165, 1.54) is 5.56 Å². The van der Waals surface area contributed by atoms with Gasteiger partial charge in [-0.25, -0.2) is 5.01 Å². The number of carbonyl (C=O) groups is 2. The predicted octanol–water partition coefficient (Wildman–Crippen LogP) is 1.70. The first kappa shape index (κ1) is 21.1. The number of hydrazine groups is 1. The first-order chi connectivity index (χ1) is 15.4. The summed E-state index contributed by atoms with van der Waals surface area (Å²) in [7, 11) is 2.06. The summed E-state index contributed by atoms with van der Waals surface area (Å²) >= 11 is 0. The maximum absolute atomic E-state index is 12.9. The third kappa shape index (κ3) is 4.16. The lowest BCUT2D eigenvalue weighted by molar-refractivity contribution is -0.143. The van der Waals surface area contributed by atoms with Gasteiger partial charge < -0.3 is 14.9 Å². The van der Waals surface area contributed by atoms with E-state index >= 15 is 0 Å². The van der Waals surface area contributed by atoms with Gasteiger partial charge in [0.1, 0.15) is 5.60 Å². The minimum absolute atomic E-state index is 0.0121. The van der Waals surface area contributed by atoms with Gasteiger partial charge in [0.05, 0.1) is 0 Å². The molecule has 3 aliphatic rings. The summed E-state index contributed by atoms with van der Waals surface area (Å²) in [5, 5.41) is 12.2. The van der Waals surface area contributed by atoms with Gasteiger partial charge in [-0.05, 0) is 41.7 Å². The second kappa shape index (κ2) is 8.31. The van der Waals surface area contributed by atoms with Crippen LogP contribution in [0.25, 0.3) is 11.1 Å². The van der Waals surface area contributed by atoms with E-state index in [1.54, 1.807) is 9.80 Å². The van der Waals surface area contributed by atoms with E-state index in [-0.39, 0.29) is 11.8 Å². The Morgan fingerprint density at radius 3 is 2.00 bits per heavy atom. The first-order valence-corrected chi connectivity index (χ1v) is 11.4. The van der Waals surface area contributed by atoms with Gasteiger partial charge in [0, 0.05) is 57.8 Å². The van der Waals surface area contributed by atoms with E-state index in [4.69, 9.17) is 0 Å². The fourth-order valence-corrected chi connectivity index (χ4v) is 4.62. The highest BCUT2D eigenvalue weighted by Gasteiger charge is 2.50. The number of carbonyl (C=O) groups excluding carboxylic acids is 2. The minimum Gasteiger partial charge on any atom is -0.380 e. The smallest absolute Gasteiger partial charge is 0.254 e. The zero-order valence-electron chi connectivity index (χ0n) is 18.5. The number of likely N-dealkylation sites (N-methyl/N-ethyl adjacent to an activating group) is 1. The van der Waals surface area contributed by atoms with Crippen molar-refractivity contribution < 1.29 is 14.7 Å². The summed E-state index contributed by atoms with van der Waals surface area (Å²) in [6.07, 6.45) is 1.10. The Morgan fingerprint density at radius 2 is 1.47 bits per heavy atom. The second-order valence-corrected chi connectivity index (χ2v) is 9.26. The van der Waals surface area contributed by atoms with Crippen LogP contribution in [0.2, 0.25) is 0 Å². The Balaban J connectivity index is 1.19. The number of benzene rings is 2. The molecule has 1 unspecified atom stereocenters. The monoisotopic (exact) mass is 434 g/mol. The van der Waals surface area contributed by atoms with Crippen molar-refractivity contribution in [3.63, 3.8) is 0 Å². The normalized spacial score (nSPS) is 22.8. The molecule has 0 bridgehead atoms. The van der Waals surface area contributed by atoms with Crippen molar-refractivity contribution in [1.82, 2.24) is 20.2 Å². The molecule has 7 nitrogen and oxygen atoms in total. The van der Waals surface area contributed by atoms with Gasteiger partial charge in [0.2, 0.25) is 0 Å². The lowest BCUT2D eigenvalue weighted by Crippen LogP contribution is -2.53. The average molecular weight is 435 g/mol. The largest absolute Gasteiger partial charge is 0.380 e. The molecule has 5 rings (SSSR count). The van der Waals surface area contributed by atoms with Crippen LogP contribution in [0.5, 0.6) is 0 Å². The summed E-state index contributed by atoms with van der Waals surface area (Å²) in [6.45, 7) is 3.92. The molecule has 0 radical (unpaired) electrons. The maximum atomic E-state index is 12.9. The number of rotatable bonds is 4. The molecule has 3 fully saturated rings. The lowest BCUT2D eigenvalue weighted by atomic mass is 9.96. The van der Waals surface area contributed by atoms with Crippen LogP contribution in [0, 0.1) is 0 Å². The lowest BCUT2D eigenvalue weighted by Gasteiger charge is -2.35. The molecule has 2 heterocycles. The van der Waals surface area contributed by atoms with Crippen molar-refractivity contribution in [2.45, 2.75) is 24.4 Å². The van der Waals surface area contributed by atoms with Crippen LogP contribution in [0.3, 0.4) is 0 Å². The zero-order chi connectivity index (χ0) is 22.3. The van der Waals surface area contributed by atoms with Crippen LogP contribution in [-0.4, -0.2) is 83.6 Å². The standard InChI is InChI=1S/C25H30N4O3/c1-27-17-22(16-26-27)20-4-2-18(3-5-20)19-6-8-21(9-7-19)23(30)28-12-14-29(15-13-28)24(31)25(32)10-11-25/h2-9,22,26,32H,10-17H2,1H3. The topological polar surface area (TPSA) is 76.1 Å². The Kier molecular flexibility index (Phi) is 5.49. The third-order valence-corrected chi connectivity index (χ3v) is 6.92. The van der Waals surface area contributed by atoms with Crippen molar-refractivity contribution in [1.29, 1.82) is 0 Å². The van der Waals surface area contributed by atoms with E-state index in [9.17, 15) is 14.7 Å². The number of hydrogen-bond acceptors (Lipinski definition) is 5. The molecule has 0 aromatic heterocycles. The fourth-order valence-electron chi connectivity index (χ4n) is 4.62. The van der Waals surface area contributed by atoms with E-state index in [0.717, 1.165) is 24.2 Å². The number of piperazine rings is 1. The number of nitrogens with zero attached hydrogens (tertiary/aromatic N) is 3. The summed E-state index contributed by atoms with van der Waals surface area (Å²) in [5.74, 6) is 0.315. The van der Waals surface area contributed by atoms with E-state index in [1.807, 2.05) is 24.3 Å². The number of aliphatic hydroxyl groups is 1. The summed E-state index contributed by atoms with van der Waals surface area (Å²) in [4.78, 5) is 28.7. The highest BCUT2D eigenvalue weighted by molar-refractivity contribution is 5.95. The van der Waals surface area contributed by atoms with Crippen LogP contribution >= 0.6 is 0 Å². The molecule has 168 valence electrons. The molecule has 2 saturated heterocycles. The van der Waals surface area contributed by atoms with Crippen LogP contribution in [0.15, 0.2) is 48.5 Å². The molecule has 2 amide bonds. The summed E-state index contributed by atoms with van der Waals surface area (Å²) < 4.78 is 0. The Hall–Kier alpha value is -2.74. The third-order valence-electron chi connectivity index (χ3n) is 6.92. The van der Waals surface area contributed by atoms with Crippen molar-refractivity contribution in [2.24, 2.45) is 0 Å². The molecule has 7 heteroatoms. The maximum Gasteiger partial charge on any atom is 0.254 e. The average Bonchev–Trinajstić information content (AvgIpc) is 3.44. The minimum atomic E-state index is -1.13. The molecule has 2 aromatic carbocycles. The summed E-state index contributed by atoms with van der Waals surface area (Å²) in [5.41, 5.74) is 6.43. The van der Waals surface area contributed by atoms with Crippen LogP contribution in [0.4, 0.5) is 0 Å². The quantitative estimate of drug-likeness (QED) is 0.766. The molecule has 2 aliphatic heterocycles. The molecule has 1 aliphatic carbocycles. The predicted molar refractivity (Wildman–Crippen MR) is 122 cm³/mol. The molecule has 2 aromatic rings. The first-order valence-electron chi connectivity index (χ1n) is 11.4. The van der Waals surface area contributed by atoms with Gasteiger partial charge in [-0.2, -0.15) is 0 Å². The Bertz CT molecular complexity index is 993. The van der Waals surface area contributed by atoms with Crippen molar-refractivity contribution in [2.75, 3.05) is 46.3 Å². The zero-order valence-corrected chi connectivity index (χ0v) is 18.5. The van der Waals surface area contributed by atoms with Gasteiger partial charge in [-0.3, -0.25) is 15.0 Å². The number of amides is 2. The molecule has 2 N–H and O–H groups in total. The van der Waals surface area contributed by atoms with Crippen LogP contribution in [-0.2, 0) is 4.79 Å². The van der Waals surface area contributed by atoms with E-state index in [0.29, 0.717) is 50.5 Å². The highest BCUT2D eigenvalue weighted by Crippen LogP contribution is 2.37. The number of nitrogens with one attached hydrogen (secondary N) is 1. The van der Waals surface area contributed by atoms with Gasteiger partial charge in [0.15, 0.2) is 0 Å². The molecular weight excluding hydrogens is 404 g/mol. The van der Waals surface area contributed by atoms with Gasteiger partial charge in [-0.1, -0.05) is 36.4 Å². The van der Waals surface area contributed by atoms with Crippen molar-refractivity contribution in [3.8, 4) is 11.1 Å². The second-order valence-electron chi connectivity index (χ2n) is 9.26. The van der Waals surface area contributed by atoms with Gasteiger partial charge >= 0.3 is 0 Å². The van der Waals surface area contributed by atoms with Crippen LogP contribution in [0.1, 0.15) is 34.7 Å². The SMILES string of the molecule is CN1CC(c2ccc(-c3ccc(C(=O)N4CCN(C(=O)C5(O)CC5)CC4)cc3)cc2)CN1. The van der Waals surface area contributed by atoms with Crippen molar-refractivity contribution >= 4 is 11.8 Å². The number of hydrogen-bond donors (Lipinski definition) is 2. The highest BCUT2D eigenvalue weighted by atomic mass is 16.3. The Labute approximate surface area is 188 Å². The fraction of sp³-hybridized carbons (Fsp3) is 0.440. The molecule has 1 atom stereocenters. The molecule has 32 heavy (non-hydrogen) atoms. The van der Waals surface area contributed by atoms with Gasteiger partial charge in [-0.15, -0.1) is 0 Å². The molecule has 1 saturated carbocycles. The van der Waals surface area contributed by atoms with E-state index in [2.05, 4.69) is 41.7 Å². The molecule has 0 spiro atoms. The Morgan fingerprint density at radius 1 is 0.906 bits per heavy atom. The molecular formula is C25H30N4O3. The van der Waals surface area contributed by atoms with E-state index < -0.39 is 5.60 Å². The van der Waals surface area contributed by atoms with Gasteiger partial charge in [0.25, 0.3) is 11.8 Å². The summed E-state index contributed by atoms with van der Waals surface area (Å²) in [6, 6.07) is 16.4. The van der Waals surface area contributed by atoms with Crippen LogP contribution < -0.4 is 5.43 Å². The van der Waals surface area contributed by atoms with Crippen molar-refractivity contribution in [3.05, 3.63) is 59.7 Å².